The third kappa shape index (κ3) is 3.46. The Morgan fingerprint density at radius 2 is 2.10 bits per heavy atom. The summed E-state index contributed by atoms with van der Waals surface area (Å²) in [6.07, 6.45) is 1.86. The van der Waals surface area contributed by atoms with Gasteiger partial charge in [0.05, 0.1) is 12.3 Å². The van der Waals surface area contributed by atoms with Gasteiger partial charge in [0.1, 0.15) is 12.1 Å². The monoisotopic (exact) mass is 290 g/mol. The largest absolute Gasteiger partial charge is 0.494 e. The summed E-state index contributed by atoms with van der Waals surface area (Å²) in [5, 5.41) is 2.95. The summed E-state index contributed by atoms with van der Waals surface area (Å²) < 4.78 is 19.6. The molecule has 0 unspecified atom stereocenters. The number of hydrogen-bond acceptors (Lipinski definition) is 5. The zero-order valence-electron chi connectivity index (χ0n) is 12.2. The number of nitrogens with one attached hydrogen (secondary N) is 1. The van der Waals surface area contributed by atoms with Gasteiger partial charge in [-0.2, -0.15) is 0 Å². The number of hydrogen-bond donors (Lipinski definition) is 2. The van der Waals surface area contributed by atoms with Crippen LogP contribution >= 0.6 is 0 Å². The molecule has 0 aliphatic heterocycles. The molecular formula is C15H19FN4O. The molecule has 0 fully saturated rings. The summed E-state index contributed by atoms with van der Waals surface area (Å²) in [7, 11) is 0. The summed E-state index contributed by atoms with van der Waals surface area (Å²) in [6.45, 7) is 4.67. The third-order valence-corrected chi connectivity index (χ3v) is 3.04. The number of anilines is 2. The first-order valence-electron chi connectivity index (χ1n) is 6.91. The van der Waals surface area contributed by atoms with Crippen molar-refractivity contribution in [2.24, 2.45) is 5.73 Å². The molecule has 0 saturated heterocycles. The lowest BCUT2D eigenvalue weighted by molar-refractivity contribution is 0.336. The second-order valence-electron chi connectivity index (χ2n) is 4.42. The standard InChI is InChI=1S/C15H19FN4O/c1-3-12-14(16)15(19-9-18-12)20-11-5-6-13(21-4-2)10(7-11)8-17/h5-7,9H,3-4,8,17H2,1-2H3,(H,18,19,20). The molecular weight excluding hydrogens is 271 g/mol. The minimum atomic E-state index is -0.428. The highest BCUT2D eigenvalue weighted by Gasteiger charge is 2.11. The van der Waals surface area contributed by atoms with Gasteiger partial charge >= 0.3 is 0 Å². The fourth-order valence-corrected chi connectivity index (χ4v) is 1.99. The van der Waals surface area contributed by atoms with Gasteiger partial charge in [0.25, 0.3) is 0 Å². The Bertz CT molecular complexity index is 619. The maximum Gasteiger partial charge on any atom is 0.187 e. The average molecular weight is 290 g/mol. The molecule has 0 spiro atoms. The number of nitrogens with two attached hydrogens (primary N) is 1. The number of halogens is 1. The normalized spacial score (nSPS) is 10.5. The Morgan fingerprint density at radius 1 is 1.29 bits per heavy atom. The second-order valence-corrected chi connectivity index (χ2v) is 4.42. The van der Waals surface area contributed by atoms with E-state index >= 15 is 0 Å². The average Bonchev–Trinajstić information content (AvgIpc) is 2.51. The Balaban J connectivity index is 2.28. The van der Waals surface area contributed by atoms with Crippen molar-refractivity contribution in [3.8, 4) is 5.75 Å². The van der Waals surface area contributed by atoms with Crippen LogP contribution in [-0.2, 0) is 13.0 Å². The first-order chi connectivity index (χ1) is 10.2. The molecule has 0 radical (unpaired) electrons. The molecule has 1 aromatic carbocycles. The summed E-state index contributed by atoms with van der Waals surface area (Å²) in [6, 6.07) is 5.45. The van der Waals surface area contributed by atoms with Gasteiger partial charge in [-0.25, -0.2) is 14.4 Å². The van der Waals surface area contributed by atoms with Crippen molar-refractivity contribution in [1.29, 1.82) is 0 Å². The number of aromatic nitrogens is 2. The van der Waals surface area contributed by atoms with E-state index in [1.54, 1.807) is 6.07 Å². The van der Waals surface area contributed by atoms with Gasteiger partial charge in [-0.05, 0) is 31.5 Å². The van der Waals surface area contributed by atoms with Crippen LogP contribution in [0.3, 0.4) is 0 Å². The van der Waals surface area contributed by atoms with Crippen molar-refractivity contribution in [2.75, 3.05) is 11.9 Å². The lowest BCUT2D eigenvalue weighted by atomic mass is 10.1. The van der Waals surface area contributed by atoms with Gasteiger partial charge in [-0.3, -0.25) is 0 Å². The molecule has 0 bridgehead atoms. The lowest BCUT2D eigenvalue weighted by Gasteiger charge is -2.12. The van der Waals surface area contributed by atoms with Gasteiger partial charge in [-0.1, -0.05) is 6.92 Å². The van der Waals surface area contributed by atoms with Crippen LogP contribution in [0.4, 0.5) is 15.9 Å². The van der Waals surface area contributed by atoms with Crippen LogP contribution in [0.15, 0.2) is 24.5 Å². The number of aryl methyl sites for hydroxylation is 1. The predicted octanol–water partition coefficient (Wildman–Crippen LogP) is 2.78. The SMILES string of the molecule is CCOc1ccc(Nc2ncnc(CC)c2F)cc1CN. The fourth-order valence-electron chi connectivity index (χ4n) is 1.99. The third-order valence-electron chi connectivity index (χ3n) is 3.04. The second kappa shape index (κ2) is 6.99. The number of benzene rings is 1. The number of nitrogens with zero attached hydrogens (tertiary/aromatic N) is 2. The predicted molar refractivity (Wildman–Crippen MR) is 80.2 cm³/mol. The highest BCUT2D eigenvalue weighted by atomic mass is 19.1. The molecule has 112 valence electrons. The Morgan fingerprint density at radius 3 is 2.76 bits per heavy atom. The van der Waals surface area contributed by atoms with Crippen molar-refractivity contribution in [3.63, 3.8) is 0 Å². The van der Waals surface area contributed by atoms with Crippen LogP contribution in [0.2, 0.25) is 0 Å². The molecule has 2 rings (SSSR count). The number of ether oxygens (including phenoxy) is 1. The molecule has 0 aliphatic rings. The van der Waals surface area contributed by atoms with Gasteiger partial charge in [0, 0.05) is 17.8 Å². The Labute approximate surface area is 123 Å². The molecule has 0 atom stereocenters. The summed E-state index contributed by atoms with van der Waals surface area (Å²) in [4.78, 5) is 7.84. The molecule has 0 saturated carbocycles. The van der Waals surface area contributed by atoms with Crippen LogP contribution in [-0.4, -0.2) is 16.6 Å². The highest BCUT2D eigenvalue weighted by Crippen LogP contribution is 2.25. The van der Waals surface area contributed by atoms with Crippen molar-refractivity contribution >= 4 is 11.5 Å². The van der Waals surface area contributed by atoms with E-state index in [-0.39, 0.29) is 5.82 Å². The van der Waals surface area contributed by atoms with E-state index in [2.05, 4.69) is 15.3 Å². The van der Waals surface area contributed by atoms with Crippen LogP contribution in [0.1, 0.15) is 25.1 Å². The van der Waals surface area contributed by atoms with E-state index in [1.165, 1.54) is 6.33 Å². The lowest BCUT2D eigenvalue weighted by Crippen LogP contribution is -2.05. The van der Waals surface area contributed by atoms with Crippen LogP contribution < -0.4 is 15.8 Å². The van der Waals surface area contributed by atoms with E-state index in [4.69, 9.17) is 10.5 Å². The van der Waals surface area contributed by atoms with E-state index in [1.807, 2.05) is 26.0 Å². The topological polar surface area (TPSA) is 73.1 Å². The summed E-state index contributed by atoms with van der Waals surface area (Å²) >= 11 is 0. The minimum Gasteiger partial charge on any atom is -0.494 e. The molecule has 0 aliphatic carbocycles. The maximum atomic E-state index is 14.1. The minimum absolute atomic E-state index is 0.161. The molecule has 5 nitrogen and oxygen atoms in total. The molecule has 1 heterocycles. The molecule has 1 aromatic heterocycles. The van der Waals surface area contributed by atoms with Gasteiger partial charge in [0.2, 0.25) is 0 Å². The summed E-state index contributed by atoms with van der Waals surface area (Å²) in [5.74, 6) is 0.472. The van der Waals surface area contributed by atoms with Crippen molar-refractivity contribution in [3.05, 3.63) is 41.6 Å². The van der Waals surface area contributed by atoms with Crippen LogP contribution in [0, 0.1) is 5.82 Å². The summed E-state index contributed by atoms with van der Waals surface area (Å²) in [5.41, 5.74) is 7.66. The van der Waals surface area contributed by atoms with Crippen LogP contribution in [0.25, 0.3) is 0 Å². The fraction of sp³-hybridized carbons (Fsp3) is 0.333. The first-order valence-corrected chi connectivity index (χ1v) is 6.91. The van der Waals surface area contributed by atoms with Gasteiger partial charge in [0.15, 0.2) is 11.6 Å². The molecule has 6 heteroatoms. The Kier molecular flexibility index (Phi) is 5.05. The molecule has 21 heavy (non-hydrogen) atoms. The Hall–Kier alpha value is -2.21. The molecule has 2 aromatic rings. The smallest absolute Gasteiger partial charge is 0.187 e. The van der Waals surface area contributed by atoms with Crippen molar-refractivity contribution in [2.45, 2.75) is 26.8 Å². The van der Waals surface area contributed by atoms with E-state index < -0.39 is 5.82 Å². The number of rotatable bonds is 6. The highest BCUT2D eigenvalue weighted by molar-refractivity contribution is 5.60. The zero-order chi connectivity index (χ0) is 15.2. The molecule has 3 N–H and O–H groups in total. The van der Waals surface area contributed by atoms with Crippen LogP contribution in [0.5, 0.6) is 5.75 Å². The van der Waals surface area contributed by atoms with Crippen molar-refractivity contribution in [1.82, 2.24) is 9.97 Å². The van der Waals surface area contributed by atoms with Gasteiger partial charge < -0.3 is 15.8 Å². The maximum absolute atomic E-state index is 14.1. The van der Waals surface area contributed by atoms with E-state index in [9.17, 15) is 4.39 Å². The first kappa shape index (κ1) is 15.2. The zero-order valence-corrected chi connectivity index (χ0v) is 12.2. The quantitative estimate of drug-likeness (QED) is 0.856. The van der Waals surface area contributed by atoms with E-state index in [0.717, 1.165) is 11.3 Å². The van der Waals surface area contributed by atoms with E-state index in [0.29, 0.717) is 31.0 Å². The van der Waals surface area contributed by atoms with Crippen molar-refractivity contribution < 1.29 is 9.13 Å². The van der Waals surface area contributed by atoms with Gasteiger partial charge in [-0.15, -0.1) is 0 Å². The molecule has 0 amide bonds.